The standard InChI is InChI=1S/C80H156O17P2/c1-8-11-12-13-14-15-33-40-47-54-61-77(82)90-67-75(97-80(85)64-57-50-43-36-29-28-30-37-44-51-58-71(4)5)69-94-98(86,87)92-65-74(81)66-93-99(88,89)95-70-76(96-79(84)63-56-49-42-35-27-23-19-17-21-25-32-39-46-53-60-73(7)10-3)68-91-78(83)62-55-48-41-34-26-22-18-16-20-24-31-38-45-52-59-72(6)9-2/h71-76,81H,8-70H2,1-7H3,(H,86,87)(H,88,89)/t72?,73?,74-,75+,76+/m0/s1. The van der Waals surface area contributed by atoms with E-state index >= 15 is 0 Å². The van der Waals surface area contributed by atoms with E-state index in [-0.39, 0.29) is 25.7 Å². The van der Waals surface area contributed by atoms with Crippen LogP contribution in [0, 0.1) is 17.8 Å². The molecule has 99 heavy (non-hydrogen) atoms. The van der Waals surface area contributed by atoms with E-state index in [4.69, 9.17) is 37.0 Å². The molecule has 0 amide bonds. The van der Waals surface area contributed by atoms with Crippen molar-refractivity contribution in [2.24, 2.45) is 17.8 Å². The lowest BCUT2D eigenvalue weighted by molar-refractivity contribution is -0.161. The zero-order valence-corrected chi connectivity index (χ0v) is 66.8. The summed E-state index contributed by atoms with van der Waals surface area (Å²) in [5, 5.41) is 10.6. The number of carbonyl (C=O) groups is 4. The number of unbranched alkanes of at least 4 members (excludes halogenated alkanes) is 44. The fraction of sp³-hybridized carbons (Fsp3) is 0.950. The van der Waals surface area contributed by atoms with E-state index in [2.05, 4.69) is 48.5 Å². The van der Waals surface area contributed by atoms with E-state index in [1.54, 1.807) is 0 Å². The maximum absolute atomic E-state index is 13.1. The van der Waals surface area contributed by atoms with E-state index in [0.717, 1.165) is 108 Å². The highest BCUT2D eigenvalue weighted by atomic mass is 31.2. The van der Waals surface area contributed by atoms with Gasteiger partial charge >= 0.3 is 39.5 Å². The van der Waals surface area contributed by atoms with Gasteiger partial charge in [-0.3, -0.25) is 37.3 Å². The predicted octanol–water partition coefficient (Wildman–Crippen LogP) is 23.7. The molecule has 0 aromatic heterocycles. The van der Waals surface area contributed by atoms with E-state index in [1.807, 2.05) is 0 Å². The fourth-order valence-electron chi connectivity index (χ4n) is 12.2. The summed E-state index contributed by atoms with van der Waals surface area (Å²) in [5.41, 5.74) is 0. The summed E-state index contributed by atoms with van der Waals surface area (Å²) in [6, 6.07) is 0. The summed E-state index contributed by atoms with van der Waals surface area (Å²) in [4.78, 5) is 73.0. The Morgan fingerprint density at radius 1 is 0.293 bits per heavy atom. The van der Waals surface area contributed by atoms with Gasteiger partial charge in [0, 0.05) is 25.7 Å². The van der Waals surface area contributed by atoms with Crippen molar-refractivity contribution in [1.29, 1.82) is 0 Å². The van der Waals surface area contributed by atoms with Crippen molar-refractivity contribution >= 4 is 39.5 Å². The molecule has 0 saturated heterocycles. The van der Waals surface area contributed by atoms with Crippen molar-refractivity contribution < 1.29 is 80.2 Å². The SMILES string of the molecule is CCCCCCCCCCCCC(=O)OC[C@H](COP(=O)(O)OC[C@H](O)COP(=O)(O)OC[C@@H](COC(=O)CCCCCCCCCCCCCCCCC(C)CC)OC(=O)CCCCCCCCCCCCCCCCC(C)CC)OC(=O)CCCCCCCCCCCCC(C)C. The molecule has 588 valence electrons. The third kappa shape index (κ3) is 71.5. The van der Waals surface area contributed by atoms with E-state index in [1.165, 1.54) is 225 Å². The lowest BCUT2D eigenvalue weighted by atomic mass is 9.99. The molecule has 0 heterocycles. The Bertz CT molecular complexity index is 1930. The lowest BCUT2D eigenvalue weighted by Gasteiger charge is -2.21. The third-order valence-electron chi connectivity index (χ3n) is 19.4. The Balaban J connectivity index is 5.24. The number of aliphatic hydroxyl groups is 1. The molecule has 3 N–H and O–H groups in total. The maximum atomic E-state index is 13.1. The molecule has 7 atom stereocenters. The first-order valence-corrected chi connectivity index (χ1v) is 44.4. The van der Waals surface area contributed by atoms with Crippen LogP contribution in [0.25, 0.3) is 0 Å². The number of esters is 4. The number of rotatable bonds is 78. The van der Waals surface area contributed by atoms with Crippen molar-refractivity contribution in [2.45, 2.75) is 433 Å². The Hall–Kier alpha value is -1.94. The maximum Gasteiger partial charge on any atom is 0.472 e. The smallest absolute Gasteiger partial charge is 0.462 e. The second kappa shape index (κ2) is 70.4. The largest absolute Gasteiger partial charge is 0.472 e. The fourth-order valence-corrected chi connectivity index (χ4v) is 13.8. The minimum atomic E-state index is -4.96. The summed E-state index contributed by atoms with van der Waals surface area (Å²) in [7, 11) is -9.92. The lowest BCUT2D eigenvalue weighted by Crippen LogP contribution is -2.30. The Morgan fingerprint density at radius 3 is 0.768 bits per heavy atom. The molecule has 0 spiro atoms. The predicted molar refractivity (Wildman–Crippen MR) is 405 cm³/mol. The van der Waals surface area contributed by atoms with E-state index in [9.17, 15) is 43.2 Å². The minimum Gasteiger partial charge on any atom is -0.462 e. The molecule has 0 aliphatic rings. The summed E-state index contributed by atoms with van der Waals surface area (Å²) in [6.07, 6.45) is 58.1. The third-order valence-corrected chi connectivity index (χ3v) is 21.3. The van der Waals surface area contributed by atoms with Gasteiger partial charge in [-0.25, -0.2) is 9.13 Å². The van der Waals surface area contributed by atoms with Gasteiger partial charge in [-0.15, -0.1) is 0 Å². The molecule has 0 radical (unpaired) electrons. The van der Waals surface area contributed by atoms with Gasteiger partial charge in [-0.05, 0) is 43.4 Å². The van der Waals surface area contributed by atoms with Crippen LogP contribution in [-0.4, -0.2) is 96.7 Å². The second-order valence-electron chi connectivity index (χ2n) is 29.8. The topological polar surface area (TPSA) is 237 Å². The number of phosphoric ester groups is 2. The Morgan fingerprint density at radius 2 is 0.515 bits per heavy atom. The van der Waals surface area contributed by atoms with Crippen LogP contribution in [0.5, 0.6) is 0 Å². The zero-order chi connectivity index (χ0) is 73.0. The molecule has 0 rings (SSSR count). The van der Waals surface area contributed by atoms with Crippen LogP contribution in [0.15, 0.2) is 0 Å². The number of ether oxygens (including phenoxy) is 4. The second-order valence-corrected chi connectivity index (χ2v) is 32.7. The molecule has 0 saturated carbocycles. The Kier molecular flexibility index (Phi) is 69.0. The summed E-state index contributed by atoms with van der Waals surface area (Å²) in [5.74, 6) is 0.336. The molecule has 4 unspecified atom stereocenters. The van der Waals surface area contributed by atoms with Gasteiger partial charge in [0.1, 0.15) is 19.3 Å². The molecule has 19 heteroatoms. The number of hydrogen-bond acceptors (Lipinski definition) is 15. The van der Waals surface area contributed by atoms with Crippen LogP contribution < -0.4 is 0 Å². The minimum absolute atomic E-state index is 0.106. The molecule has 0 fully saturated rings. The van der Waals surface area contributed by atoms with Crippen molar-refractivity contribution in [1.82, 2.24) is 0 Å². The van der Waals surface area contributed by atoms with E-state index < -0.39 is 97.5 Å². The van der Waals surface area contributed by atoms with Gasteiger partial charge in [0.15, 0.2) is 12.2 Å². The molecule has 0 aromatic rings. The summed E-state index contributed by atoms with van der Waals surface area (Å²) >= 11 is 0. The quantitative estimate of drug-likeness (QED) is 0.0222. The van der Waals surface area contributed by atoms with Crippen LogP contribution in [0.3, 0.4) is 0 Å². The number of carbonyl (C=O) groups excluding carboxylic acids is 4. The van der Waals surface area contributed by atoms with Crippen LogP contribution in [0.4, 0.5) is 0 Å². The van der Waals surface area contributed by atoms with Crippen LogP contribution in [0.1, 0.15) is 414 Å². The van der Waals surface area contributed by atoms with Gasteiger partial charge in [0.25, 0.3) is 0 Å². The molecule has 0 aromatic carbocycles. The molecule has 0 aliphatic heterocycles. The van der Waals surface area contributed by atoms with E-state index in [0.29, 0.717) is 25.7 Å². The molecule has 0 aliphatic carbocycles. The highest BCUT2D eigenvalue weighted by Gasteiger charge is 2.30. The summed E-state index contributed by atoms with van der Waals surface area (Å²) < 4.78 is 68.7. The average molecular weight is 1450 g/mol. The number of aliphatic hydroxyl groups excluding tert-OH is 1. The van der Waals surface area contributed by atoms with Gasteiger partial charge < -0.3 is 33.8 Å². The van der Waals surface area contributed by atoms with Crippen LogP contribution >= 0.6 is 15.6 Å². The number of phosphoric acid groups is 2. The average Bonchev–Trinajstić information content (AvgIpc) is 0.944. The highest BCUT2D eigenvalue weighted by molar-refractivity contribution is 7.47. The number of hydrogen-bond donors (Lipinski definition) is 3. The summed E-state index contributed by atoms with van der Waals surface area (Å²) in [6.45, 7) is 12.0. The normalized spacial score (nSPS) is 14.5. The molecular weight excluding hydrogens is 1290 g/mol. The first kappa shape index (κ1) is 97.1. The van der Waals surface area contributed by atoms with Gasteiger partial charge in [0.2, 0.25) is 0 Å². The van der Waals surface area contributed by atoms with Crippen molar-refractivity contribution in [2.75, 3.05) is 39.6 Å². The first-order valence-electron chi connectivity index (χ1n) is 41.4. The Labute approximate surface area is 607 Å². The zero-order valence-electron chi connectivity index (χ0n) is 65.0. The van der Waals surface area contributed by atoms with Crippen molar-refractivity contribution in [3.8, 4) is 0 Å². The molecular formula is C80H156O17P2. The van der Waals surface area contributed by atoms with Gasteiger partial charge in [0.05, 0.1) is 26.4 Å². The molecule has 0 bridgehead atoms. The van der Waals surface area contributed by atoms with Crippen molar-refractivity contribution in [3.63, 3.8) is 0 Å². The van der Waals surface area contributed by atoms with Gasteiger partial charge in [-0.1, -0.05) is 363 Å². The highest BCUT2D eigenvalue weighted by Crippen LogP contribution is 2.45. The van der Waals surface area contributed by atoms with Crippen LogP contribution in [-0.2, 0) is 65.4 Å². The molecule has 17 nitrogen and oxygen atoms in total. The van der Waals surface area contributed by atoms with Crippen LogP contribution in [0.2, 0.25) is 0 Å². The first-order chi connectivity index (χ1) is 47.8. The monoisotopic (exact) mass is 1450 g/mol. The van der Waals surface area contributed by atoms with Gasteiger partial charge in [-0.2, -0.15) is 0 Å². The van der Waals surface area contributed by atoms with Crippen molar-refractivity contribution in [3.05, 3.63) is 0 Å².